The first kappa shape index (κ1) is 15.5. The number of nitrogens with one attached hydrogen (secondary N) is 1. The van der Waals surface area contributed by atoms with Crippen molar-refractivity contribution in [1.82, 2.24) is 10.3 Å². The Morgan fingerprint density at radius 2 is 1.65 bits per heavy atom. The van der Waals surface area contributed by atoms with Crippen molar-refractivity contribution in [1.29, 1.82) is 0 Å². The Balaban J connectivity index is 1.80. The lowest BCUT2D eigenvalue weighted by Crippen LogP contribution is -2.52. The Bertz CT molecular complexity index is 594. The van der Waals surface area contributed by atoms with E-state index in [-0.39, 0.29) is 5.91 Å². The van der Waals surface area contributed by atoms with Crippen molar-refractivity contribution in [2.45, 2.75) is 6.10 Å². The minimum absolute atomic E-state index is 0.135. The molecule has 1 amide bonds. The van der Waals surface area contributed by atoms with Gasteiger partial charge in [0.15, 0.2) is 6.10 Å². The van der Waals surface area contributed by atoms with Crippen LogP contribution < -0.4 is 10.4 Å². The third kappa shape index (κ3) is 3.88. The quantitative estimate of drug-likeness (QED) is 0.879. The zero-order chi connectivity index (χ0) is 16.1. The maximum absolute atomic E-state index is 12.6. The normalized spacial score (nSPS) is 18.4. The first-order valence-electron chi connectivity index (χ1n) is 7.75. The van der Waals surface area contributed by atoms with Gasteiger partial charge in [-0.05, 0) is 31.3 Å². The largest absolute Gasteiger partial charge is 0.366 e. The van der Waals surface area contributed by atoms with Crippen LogP contribution in [0.25, 0.3) is 0 Å². The highest BCUT2D eigenvalue weighted by Gasteiger charge is 2.26. The molecule has 1 saturated heterocycles. The zero-order valence-corrected chi connectivity index (χ0v) is 13.2. The number of hydrogen-bond acceptors (Lipinski definition) is 4. The van der Waals surface area contributed by atoms with Gasteiger partial charge < -0.3 is 9.64 Å². The van der Waals surface area contributed by atoms with Crippen LogP contribution in [0.15, 0.2) is 60.7 Å². The third-order valence-corrected chi connectivity index (χ3v) is 3.81. The van der Waals surface area contributed by atoms with E-state index in [2.05, 4.69) is 10.3 Å². The lowest BCUT2D eigenvalue weighted by Gasteiger charge is -2.32. The summed E-state index contributed by atoms with van der Waals surface area (Å²) in [5, 5.41) is 1.79. The molecule has 0 saturated carbocycles. The number of ether oxygens (including phenoxy) is 1. The van der Waals surface area contributed by atoms with Crippen LogP contribution in [0.2, 0.25) is 0 Å². The van der Waals surface area contributed by atoms with Gasteiger partial charge in [-0.2, -0.15) is 0 Å². The van der Waals surface area contributed by atoms with E-state index < -0.39 is 6.10 Å². The van der Waals surface area contributed by atoms with Crippen molar-refractivity contribution in [3.8, 4) is 0 Å². The molecule has 1 N–H and O–H groups in total. The molecule has 3 rings (SSSR count). The molecule has 2 aromatic rings. The Kier molecular flexibility index (Phi) is 4.90. The number of benzene rings is 2. The molecule has 2 aromatic carbocycles. The summed E-state index contributed by atoms with van der Waals surface area (Å²) in [6.45, 7) is 2.03. The second kappa shape index (κ2) is 7.26. The van der Waals surface area contributed by atoms with E-state index in [1.165, 1.54) is 0 Å². The molecular weight excluding hydrogens is 290 g/mol. The average Bonchev–Trinajstić information content (AvgIpc) is 2.61. The monoisotopic (exact) mass is 311 g/mol. The number of amides is 1. The standard InChI is InChI=1S/C18H21N3O2/c1-20-12-13-23-17(14-20)18(22)19-21(15-8-4-2-5-9-15)16-10-6-3-7-11-16/h2-11,17H,12-14H2,1H3,(H,19,22)/t17-/m1/s1. The SMILES string of the molecule is CN1CCO[C@@H](C(=O)NN(c2ccccc2)c2ccccc2)C1. The fraction of sp³-hybridized carbons (Fsp3) is 0.278. The summed E-state index contributed by atoms with van der Waals surface area (Å²) in [6, 6.07) is 19.5. The number of likely N-dealkylation sites (N-methyl/N-ethyl adjacent to an activating group) is 1. The maximum Gasteiger partial charge on any atom is 0.269 e. The van der Waals surface area contributed by atoms with Gasteiger partial charge in [0.05, 0.1) is 18.0 Å². The van der Waals surface area contributed by atoms with Crippen LogP contribution in [0, 0.1) is 0 Å². The summed E-state index contributed by atoms with van der Waals surface area (Å²) in [5.74, 6) is -0.135. The number of carbonyl (C=O) groups is 1. The van der Waals surface area contributed by atoms with Crippen LogP contribution >= 0.6 is 0 Å². The molecule has 1 aliphatic rings. The first-order valence-corrected chi connectivity index (χ1v) is 7.75. The molecule has 0 radical (unpaired) electrons. The molecule has 1 heterocycles. The highest BCUT2D eigenvalue weighted by Crippen LogP contribution is 2.22. The van der Waals surface area contributed by atoms with E-state index in [0.717, 1.165) is 17.9 Å². The summed E-state index contributed by atoms with van der Waals surface area (Å²) >= 11 is 0. The van der Waals surface area contributed by atoms with E-state index in [1.807, 2.05) is 67.7 Å². The molecular formula is C18H21N3O2. The molecule has 0 unspecified atom stereocenters. The van der Waals surface area contributed by atoms with Crippen molar-refractivity contribution in [3.05, 3.63) is 60.7 Å². The van der Waals surface area contributed by atoms with Crippen LogP contribution in [0.5, 0.6) is 0 Å². The minimum Gasteiger partial charge on any atom is -0.366 e. The van der Waals surface area contributed by atoms with E-state index in [1.54, 1.807) is 5.01 Å². The van der Waals surface area contributed by atoms with Gasteiger partial charge in [0, 0.05) is 13.1 Å². The molecule has 120 valence electrons. The molecule has 1 atom stereocenters. The van der Waals surface area contributed by atoms with Crippen LogP contribution in [0.1, 0.15) is 0 Å². The predicted octanol–water partition coefficient (Wildman–Crippen LogP) is 2.19. The number of hydrazine groups is 1. The lowest BCUT2D eigenvalue weighted by molar-refractivity contribution is -0.137. The third-order valence-electron chi connectivity index (χ3n) is 3.81. The number of anilines is 2. The van der Waals surface area contributed by atoms with Crippen LogP contribution in [0.4, 0.5) is 11.4 Å². The van der Waals surface area contributed by atoms with Crippen LogP contribution in [-0.4, -0.2) is 43.7 Å². The van der Waals surface area contributed by atoms with Gasteiger partial charge in [-0.1, -0.05) is 36.4 Å². The van der Waals surface area contributed by atoms with Gasteiger partial charge in [-0.3, -0.25) is 15.2 Å². The minimum atomic E-state index is -0.455. The highest BCUT2D eigenvalue weighted by molar-refractivity contribution is 5.84. The van der Waals surface area contributed by atoms with E-state index in [4.69, 9.17) is 4.74 Å². The number of nitrogens with zero attached hydrogens (tertiary/aromatic N) is 2. The van der Waals surface area contributed by atoms with Crippen molar-refractivity contribution in [3.63, 3.8) is 0 Å². The summed E-state index contributed by atoms with van der Waals surface area (Å²) in [5.41, 5.74) is 4.78. The second-order valence-electron chi connectivity index (χ2n) is 5.60. The molecule has 5 nitrogen and oxygen atoms in total. The number of hydrogen-bond donors (Lipinski definition) is 1. The Hall–Kier alpha value is -2.37. The van der Waals surface area contributed by atoms with Crippen LogP contribution in [-0.2, 0) is 9.53 Å². The molecule has 1 fully saturated rings. The summed E-state index contributed by atoms with van der Waals surface area (Å²) in [6.07, 6.45) is -0.455. The number of para-hydroxylation sites is 2. The number of rotatable bonds is 4. The molecule has 5 heteroatoms. The Labute approximate surface area is 136 Å². The van der Waals surface area contributed by atoms with Gasteiger partial charge in [0.1, 0.15) is 0 Å². The predicted molar refractivity (Wildman–Crippen MR) is 90.4 cm³/mol. The molecule has 0 aromatic heterocycles. The zero-order valence-electron chi connectivity index (χ0n) is 13.2. The molecule has 1 aliphatic heterocycles. The van der Waals surface area contributed by atoms with Gasteiger partial charge in [-0.15, -0.1) is 0 Å². The van der Waals surface area contributed by atoms with E-state index in [0.29, 0.717) is 13.2 Å². The van der Waals surface area contributed by atoms with Gasteiger partial charge >= 0.3 is 0 Å². The van der Waals surface area contributed by atoms with Gasteiger partial charge in [-0.25, -0.2) is 0 Å². The van der Waals surface area contributed by atoms with E-state index >= 15 is 0 Å². The van der Waals surface area contributed by atoms with Crippen molar-refractivity contribution in [2.75, 3.05) is 31.8 Å². The fourth-order valence-electron chi connectivity index (χ4n) is 2.55. The van der Waals surface area contributed by atoms with Crippen molar-refractivity contribution < 1.29 is 9.53 Å². The topological polar surface area (TPSA) is 44.8 Å². The second-order valence-corrected chi connectivity index (χ2v) is 5.60. The average molecular weight is 311 g/mol. The Morgan fingerprint density at radius 1 is 1.09 bits per heavy atom. The highest BCUT2D eigenvalue weighted by atomic mass is 16.5. The molecule has 0 bridgehead atoms. The van der Waals surface area contributed by atoms with Gasteiger partial charge in [0.2, 0.25) is 0 Å². The van der Waals surface area contributed by atoms with E-state index in [9.17, 15) is 4.79 Å². The van der Waals surface area contributed by atoms with Crippen molar-refractivity contribution in [2.24, 2.45) is 0 Å². The Morgan fingerprint density at radius 3 is 2.17 bits per heavy atom. The lowest BCUT2D eigenvalue weighted by atomic mass is 10.2. The molecule has 0 spiro atoms. The smallest absolute Gasteiger partial charge is 0.269 e. The van der Waals surface area contributed by atoms with Crippen molar-refractivity contribution >= 4 is 17.3 Å². The summed E-state index contributed by atoms with van der Waals surface area (Å²) in [7, 11) is 2.00. The summed E-state index contributed by atoms with van der Waals surface area (Å²) in [4.78, 5) is 14.7. The van der Waals surface area contributed by atoms with Gasteiger partial charge in [0.25, 0.3) is 5.91 Å². The fourth-order valence-corrected chi connectivity index (χ4v) is 2.55. The molecule has 23 heavy (non-hydrogen) atoms. The summed E-state index contributed by atoms with van der Waals surface area (Å²) < 4.78 is 5.60. The number of morpholine rings is 1. The first-order chi connectivity index (χ1) is 11.2. The maximum atomic E-state index is 12.6. The number of carbonyl (C=O) groups excluding carboxylic acids is 1. The van der Waals surface area contributed by atoms with Crippen LogP contribution in [0.3, 0.4) is 0 Å². The molecule has 0 aliphatic carbocycles.